The molecule has 0 radical (unpaired) electrons. The summed E-state index contributed by atoms with van der Waals surface area (Å²) in [5, 5.41) is 0.306. The van der Waals surface area contributed by atoms with E-state index >= 15 is 0 Å². The van der Waals surface area contributed by atoms with E-state index in [0.717, 1.165) is 0 Å². The van der Waals surface area contributed by atoms with Gasteiger partial charge in [-0.05, 0) is 6.07 Å². The average molecular weight is 170 g/mol. The fourth-order valence-electron chi connectivity index (χ4n) is 0.253. The normalized spacial score (nSPS) is 7.83. The summed E-state index contributed by atoms with van der Waals surface area (Å²) >= 11 is 0. The predicted molar refractivity (Wildman–Crippen MR) is 41.8 cm³/mol. The number of hydrazine groups is 2. The molecule has 66 valence electrons. The second-order valence-electron chi connectivity index (χ2n) is 1.65. The fourth-order valence-corrected chi connectivity index (χ4v) is 0.253. The van der Waals surface area contributed by atoms with Gasteiger partial charge in [0.25, 0.3) is 0 Å². The Morgan fingerprint density at radius 3 is 1.75 bits per heavy atom. The van der Waals surface area contributed by atoms with Crippen molar-refractivity contribution in [3.05, 3.63) is 24.8 Å². The van der Waals surface area contributed by atoms with E-state index < -0.39 is 6.03 Å². The first-order valence-corrected chi connectivity index (χ1v) is 2.93. The monoisotopic (exact) mass is 170 g/mol. The molecule has 0 fully saturated rings. The maximum Gasteiger partial charge on any atom is 0.343 e. The number of nitrogens with zero attached hydrogens (tertiary/aromatic N) is 3. The zero-order valence-corrected chi connectivity index (χ0v) is 6.29. The maximum atomic E-state index is 9.60. The van der Waals surface area contributed by atoms with E-state index in [0.29, 0.717) is 5.12 Å². The minimum absolute atomic E-state index is 0.306. The Balaban J connectivity index is 0.000000202. The molecule has 7 nitrogen and oxygen atoms in total. The molecular formula is C5H10N6O. The molecule has 2 amide bonds. The third-order valence-corrected chi connectivity index (χ3v) is 0.732. The van der Waals surface area contributed by atoms with Crippen LogP contribution in [0.3, 0.4) is 0 Å². The van der Waals surface area contributed by atoms with Gasteiger partial charge in [0.15, 0.2) is 0 Å². The summed E-state index contributed by atoms with van der Waals surface area (Å²) in [6.07, 6.45) is 4.88. The van der Waals surface area contributed by atoms with E-state index in [1.165, 1.54) is 6.33 Å². The topological polar surface area (TPSA) is 124 Å². The standard InChI is InChI=1S/C4H4N2.CH6N4O/c1-2-5-4-6-3-1;2-1(6)5(3)4/h1-4H;3-4H2,(H2,2,6). The molecule has 0 unspecified atom stereocenters. The molecule has 0 aliphatic carbocycles. The SMILES string of the molecule is NC(=O)N(N)N.c1cncnc1. The molecule has 1 aromatic heterocycles. The fraction of sp³-hybridized carbons (Fsp3) is 0. The van der Waals surface area contributed by atoms with Crippen LogP contribution in [0, 0.1) is 0 Å². The van der Waals surface area contributed by atoms with E-state index in [1.807, 2.05) is 0 Å². The summed E-state index contributed by atoms with van der Waals surface area (Å²) in [4.78, 5) is 16.9. The third-order valence-electron chi connectivity index (χ3n) is 0.732. The molecule has 0 saturated carbocycles. The molecule has 1 rings (SSSR count). The van der Waals surface area contributed by atoms with E-state index in [1.54, 1.807) is 18.5 Å². The summed E-state index contributed by atoms with van der Waals surface area (Å²) < 4.78 is 0. The third kappa shape index (κ3) is 6.39. The summed E-state index contributed by atoms with van der Waals surface area (Å²) in [7, 11) is 0. The van der Waals surface area contributed by atoms with Gasteiger partial charge in [-0.25, -0.2) is 26.4 Å². The van der Waals surface area contributed by atoms with Crippen molar-refractivity contribution < 1.29 is 4.79 Å². The van der Waals surface area contributed by atoms with E-state index in [9.17, 15) is 4.79 Å². The first-order valence-electron chi connectivity index (χ1n) is 2.93. The maximum absolute atomic E-state index is 9.60. The second kappa shape index (κ2) is 6.01. The highest BCUT2D eigenvalue weighted by atomic mass is 16.2. The van der Waals surface area contributed by atoms with Gasteiger partial charge in [0.1, 0.15) is 6.33 Å². The van der Waals surface area contributed by atoms with Crippen LogP contribution in [-0.4, -0.2) is 21.1 Å². The highest BCUT2D eigenvalue weighted by molar-refractivity contribution is 5.70. The molecule has 0 aliphatic rings. The Labute approximate surface area is 69.1 Å². The Kier molecular flexibility index (Phi) is 5.14. The van der Waals surface area contributed by atoms with Crippen LogP contribution in [-0.2, 0) is 0 Å². The van der Waals surface area contributed by atoms with Gasteiger partial charge in [-0.15, -0.1) is 0 Å². The van der Waals surface area contributed by atoms with Crippen LogP contribution in [0.5, 0.6) is 0 Å². The molecule has 0 spiro atoms. The predicted octanol–water partition coefficient (Wildman–Crippen LogP) is -1.41. The molecule has 0 atom stereocenters. The first kappa shape index (κ1) is 10.3. The number of hydrogen-bond donors (Lipinski definition) is 3. The van der Waals surface area contributed by atoms with Gasteiger partial charge < -0.3 is 5.73 Å². The Bertz CT molecular complexity index is 186. The van der Waals surface area contributed by atoms with Crippen LogP contribution >= 0.6 is 0 Å². The minimum atomic E-state index is -0.852. The number of carbonyl (C=O) groups is 1. The lowest BCUT2D eigenvalue weighted by Gasteiger charge is -2.00. The van der Waals surface area contributed by atoms with Crippen molar-refractivity contribution in [3.63, 3.8) is 0 Å². The molecule has 0 aromatic carbocycles. The molecule has 0 bridgehead atoms. The van der Waals surface area contributed by atoms with E-state index in [4.69, 9.17) is 0 Å². The molecular weight excluding hydrogens is 160 g/mol. The quantitative estimate of drug-likeness (QED) is 0.250. The average Bonchev–Trinajstić information content (AvgIpc) is 2.08. The lowest BCUT2D eigenvalue weighted by Crippen LogP contribution is -2.46. The van der Waals surface area contributed by atoms with Crippen molar-refractivity contribution in [2.75, 3.05) is 0 Å². The van der Waals surface area contributed by atoms with Crippen molar-refractivity contribution in [3.8, 4) is 0 Å². The Hall–Kier alpha value is -1.73. The molecule has 0 saturated heterocycles. The van der Waals surface area contributed by atoms with Crippen molar-refractivity contribution in [1.82, 2.24) is 15.1 Å². The van der Waals surface area contributed by atoms with Crippen molar-refractivity contribution in [2.24, 2.45) is 17.4 Å². The number of hydrogen-bond acceptors (Lipinski definition) is 5. The summed E-state index contributed by atoms with van der Waals surface area (Å²) in [6, 6.07) is 0.926. The summed E-state index contributed by atoms with van der Waals surface area (Å²) in [6.45, 7) is 0. The molecule has 12 heavy (non-hydrogen) atoms. The Morgan fingerprint density at radius 2 is 1.67 bits per heavy atom. The van der Waals surface area contributed by atoms with Crippen LogP contribution < -0.4 is 17.4 Å². The largest absolute Gasteiger partial charge is 0.349 e. The lowest BCUT2D eigenvalue weighted by molar-refractivity contribution is 0.210. The summed E-state index contributed by atoms with van der Waals surface area (Å²) in [5.41, 5.74) is 4.47. The number of amides is 2. The van der Waals surface area contributed by atoms with Gasteiger partial charge in [-0.3, -0.25) is 0 Å². The lowest BCUT2D eigenvalue weighted by atomic mass is 10.7. The molecule has 6 N–H and O–H groups in total. The Morgan fingerprint density at radius 1 is 1.25 bits per heavy atom. The van der Waals surface area contributed by atoms with Crippen LogP contribution in [0.2, 0.25) is 0 Å². The summed E-state index contributed by atoms with van der Waals surface area (Å²) in [5.74, 6) is 9.14. The smallest absolute Gasteiger partial charge is 0.343 e. The minimum Gasteiger partial charge on any atom is -0.349 e. The van der Waals surface area contributed by atoms with Gasteiger partial charge in [-0.1, -0.05) is 0 Å². The van der Waals surface area contributed by atoms with Crippen LogP contribution in [0.4, 0.5) is 4.79 Å². The number of carbonyl (C=O) groups excluding carboxylic acids is 1. The second-order valence-corrected chi connectivity index (χ2v) is 1.65. The van der Waals surface area contributed by atoms with E-state index in [2.05, 4.69) is 27.4 Å². The van der Waals surface area contributed by atoms with E-state index in [-0.39, 0.29) is 0 Å². The highest BCUT2D eigenvalue weighted by Gasteiger charge is 1.90. The van der Waals surface area contributed by atoms with Crippen LogP contribution in [0.25, 0.3) is 0 Å². The highest BCUT2D eigenvalue weighted by Crippen LogP contribution is 1.66. The van der Waals surface area contributed by atoms with Crippen molar-refractivity contribution >= 4 is 6.03 Å². The molecule has 1 aromatic rings. The van der Waals surface area contributed by atoms with Crippen LogP contribution in [0.15, 0.2) is 24.8 Å². The number of rotatable bonds is 0. The number of urea groups is 1. The molecule has 7 heteroatoms. The zero-order valence-electron chi connectivity index (χ0n) is 6.29. The molecule has 0 aliphatic heterocycles. The van der Waals surface area contributed by atoms with Crippen molar-refractivity contribution in [2.45, 2.75) is 0 Å². The first-order chi connectivity index (χ1) is 5.64. The van der Waals surface area contributed by atoms with Gasteiger partial charge >= 0.3 is 6.03 Å². The molecule has 1 heterocycles. The van der Waals surface area contributed by atoms with Gasteiger partial charge in [0, 0.05) is 12.4 Å². The van der Waals surface area contributed by atoms with Gasteiger partial charge in [-0.2, -0.15) is 5.12 Å². The zero-order chi connectivity index (χ0) is 9.40. The van der Waals surface area contributed by atoms with Crippen molar-refractivity contribution in [1.29, 1.82) is 0 Å². The van der Waals surface area contributed by atoms with Gasteiger partial charge in [0.05, 0.1) is 0 Å². The van der Waals surface area contributed by atoms with Crippen LogP contribution in [0.1, 0.15) is 0 Å². The number of aromatic nitrogens is 2. The van der Waals surface area contributed by atoms with Gasteiger partial charge in [0.2, 0.25) is 0 Å². The number of nitrogens with two attached hydrogens (primary N) is 3. The number of primary amides is 1.